The van der Waals surface area contributed by atoms with Crippen LogP contribution in [-0.2, 0) is 17.7 Å². The summed E-state index contributed by atoms with van der Waals surface area (Å²) in [6.45, 7) is 2.12. The minimum atomic E-state index is -0.679. The molecule has 3 heterocycles. The highest BCUT2D eigenvalue weighted by atomic mass is 16.5. The number of amides is 1. The average molecular weight is 569 g/mol. The second-order valence-electron chi connectivity index (χ2n) is 9.93. The summed E-state index contributed by atoms with van der Waals surface area (Å²) in [5.74, 6) is -1.21. The number of nitrogens with zero attached hydrogens (tertiary/aromatic N) is 4. The van der Waals surface area contributed by atoms with Crippen molar-refractivity contribution < 1.29 is 14.3 Å². The van der Waals surface area contributed by atoms with E-state index in [1.54, 1.807) is 48.0 Å². The molecule has 0 aliphatic heterocycles. The molecule has 212 valence electrons. The van der Waals surface area contributed by atoms with Crippen molar-refractivity contribution in [3.8, 4) is 11.1 Å². The molecule has 0 bridgehead atoms. The Morgan fingerprint density at radius 1 is 0.837 bits per heavy atom. The molecule has 0 N–H and O–H groups in total. The van der Waals surface area contributed by atoms with E-state index in [1.165, 1.54) is 10.5 Å². The number of fused-ring (bicyclic) bond motifs is 2. The lowest BCUT2D eigenvalue weighted by molar-refractivity contribution is 0.0523. The second-order valence-corrected chi connectivity index (χ2v) is 9.93. The van der Waals surface area contributed by atoms with E-state index < -0.39 is 11.9 Å². The van der Waals surface area contributed by atoms with Crippen LogP contribution in [0, 0.1) is 0 Å². The zero-order valence-electron chi connectivity index (χ0n) is 23.5. The summed E-state index contributed by atoms with van der Waals surface area (Å²) in [5.41, 5.74) is 3.92. The largest absolute Gasteiger partial charge is 0.462 e. The normalized spacial score (nSPS) is 11.6. The summed E-state index contributed by atoms with van der Waals surface area (Å²) in [5, 5.41) is 0.221. The van der Waals surface area contributed by atoms with Gasteiger partial charge in [-0.05, 0) is 60.4 Å². The van der Waals surface area contributed by atoms with Gasteiger partial charge in [0.2, 0.25) is 0 Å². The van der Waals surface area contributed by atoms with Gasteiger partial charge in [-0.2, -0.15) is 4.99 Å². The van der Waals surface area contributed by atoms with Gasteiger partial charge in [-0.3, -0.25) is 14.0 Å². The van der Waals surface area contributed by atoms with Gasteiger partial charge >= 0.3 is 5.97 Å². The smallest absolute Gasteiger partial charge is 0.341 e. The molecular formula is C35H28N4O4. The van der Waals surface area contributed by atoms with Crippen LogP contribution in [-0.4, -0.2) is 32.4 Å². The highest BCUT2D eigenvalue weighted by Gasteiger charge is 2.20. The molecule has 0 radical (unpaired) electrons. The van der Waals surface area contributed by atoms with Crippen molar-refractivity contribution in [3.05, 3.63) is 148 Å². The van der Waals surface area contributed by atoms with Crippen molar-refractivity contribution in [2.24, 2.45) is 4.99 Å². The maximum Gasteiger partial charge on any atom is 0.341 e. The molecule has 0 aliphatic rings. The van der Waals surface area contributed by atoms with Crippen LogP contribution in [0.2, 0.25) is 0 Å². The fourth-order valence-electron chi connectivity index (χ4n) is 5.05. The Balaban J connectivity index is 1.56. The summed E-state index contributed by atoms with van der Waals surface area (Å²) in [6.07, 6.45) is 2.18. The third kappa shape index (κ3) is 5.63. The number of pyridine rings is 2. The van der Waals surface area contributed by atoms with Crippen LogP contribution in [0.5, 0.6) is 0 Å². The predicted octanol–water partition coefficient (Wildman–Crippen LogP) is 5.48. The first-order valence-electron chi connectivity index (χ1n) is 14.0. The van der Waals surface area contributed by atoms with Gasteiger partial charge in [0.1, 0.15) is 16.9 Å². The first-order chi connectivity index (χ1) is 21.0. The molecule has 1 amide bonds. The third-order valence-corrected chi connectivity index (χ3v) is 7.20. The number of rotatable bonds is 7. The molecule has 0 spiro atoms. The van der Waals surface area contributed by atoms with Crippen LogP contribution in [0.3, 0.4) is 0 Å². The molecule has 0 saturated heterocycles. The van der Waals surface area contributed by atoms with Crippen LogP contribution in [0.25, 0.3) is 27.8 Å². The van der Waals surface area contributed by atoms with Crippen molar-refractivity contribution >= 4 is 28.6 Å². The Labute approximate surface area is 247 Å². The Morgan fingerprint density at radius 2 is 1.51 bits per heavy atom. The summed E-state index contributed by atoms with van der Waals surface area (Å²) in [7, 11) is 0. The molecular weight excluding hydrogens is 540 g/mol. The van der Waals surface area contributed by atoms with Gasteiger partial charge in [-0.1, -0.05) is 78.9 Å². The number of aryl methyl sites for hydroxylation is 2. The third-order valence-electron chi connectivity index (χ3n) is 7.20. The molecule has 0 atom stereocenters. The summed E-state index contributed by atoms with van der Waals surface area (Å²) in [4.78, 5) is 49.8. The van der Waals surface area contributed by atoms with E-state index in [4.69, 9.17) is 9.72 Å². The van der Waals surface area contributed by atoms with Crippen molar-refractivity contribution in [2.45, 2.75) is 19.9 Å². The minimum Gasteiger partial charge on any atom is -0.462 e. The van der Waals surface area contributed by atoms with Crippen LogP contribution in [0.15, 0.2) is 125 Å². The molecule has 3 aromatic heterocycles. The van der Waals surface area contributed by atoms with Gasteiger partial charge < -0.3 is 9.30 Å². The van der Waals surface area contributed by atoms with Crippen molar-refractivity contribution in [3.63, 3.8) is 0 Å². The maximum absolute atomic E-state index is 13.6. The van der Waals surface area contributed by atoms with Gasteiger partial charge in [-0.15, -0.1) is 0 Å². The minimum absolute atomic E-state index is 0.0199. The first-order valence-corrected chi connectivity index (χ1v) is 14.0. The Morgan fingerprint density at radius 3 is 2.23 bits per heavy atom. The number of ether oxygens (including phenoxy) is 1. The first kappa shape index (κ1) is 27.5. The lowest BCUT2D eigenvalue weighted by Crippen LogP contribution is -2.33. The number of benzene rings is 3. The van der Waals surface area contributed by atoms with E-state index in [2.05, 4.69) is 4.99 Å². The molecule has 0 unspecified atom stereocenters. The Bertz CT molecular complexity index is 2080. The van der Waals surface area contributed by atoms with Gasteiger partial charge in [0.15, 0.2) is 5.49 Å². The van der Waals surface area contributed by atoms with E-state index in [0.29, 0.717) is 29.8 Å². The van der Waals surface area contributed by atoms with E-state index in [0.717, 1.165) is 16.7 Å². The molecule has 8 nitrogen and oxygen atoms in total. The van der Waals surface area contributed by atoms with Gasteiger partial charge in [0.25, 0.3) is 11.5 Å². The molecule has 8 heteroatoms. The summed E-state index contributed by atoms with van der Waals surface area (Å²) >= 11 is 0. The second kappa shape index (κ2) is 12.1. The number of hydrogen-bond donors (Lipinski definition) is 0. The van der Waals surface area contributed by atoms with Gasteiger partial charge in [0, 0.05) is 18.3 Å². The molecule has 0 saturated carbocycles. The number of hydrogen-bond acceptors (Lipinski definition) is 5. The number of aromatic nitrogens is 3. The van der Waals surface area contributed by atoms with Crippen molar-refractivity contribution in [1.29, 1.82) is 0 Å². The zero-order valence-corrected chi connectivity index (χ0v) is 23.5. The molecule has 0 fully saturated rings. The Hall–Kier alpha value is -5.63. The molecule has 0 aliphatic carbocycles. The fraction of sp³-hybridized carbons (Fsp3) is 0.114. The molecule has 6 aromatic rings. The number of carbonyl (C=O) groups is 2. The highest BCUT2D eigenvalue weighted by molar-refractivity contribution is 5.97. The van der Waals surface area contributed by atoms with Crippen LogP contribution in [0.1, 0.15) is 33.2 Å². The van der Waals surface area contributed by atoms with Gasteiger partial charge in [0.05, 0.1) is 12.0 Å². The van der Waals surface area contributed by atoms with Crippen molar-refractivity contribution in [2.75, 3.05) is 6.61 Å². The maximum atomic E-state index is 13.6. The van der Waals surface area contributed by atoms with Crippen LogP contribution >= 0.6 is 0 Å². The van der Waals surface area contributed by atoms with Crippen LogP contribution < -0.4 is 11.0 Å². The highest BCUT2D eigenvalue weighted by Crippen LogP contribution is 2.20. The number of carbonyl (C=O) groups excluding carboxylic acids is 2. The molecule has 6 rings (SSSR count). The SMILES string of the molecule is CCOC(=O)c1cc2c(=O)n3ccccc3nc2n(CCc2ccccc2)c1=NC(=O)c1ccc(-c2ccccc2)cc1. The zero-order chi connectivity index (χ0) is 29.8. The van der Waals surface area contributed by atoms with Crippen LogP contribution in [0.4, 0.5) is 0 Å². The monoisotopic (exact) mass is 568 g/mol. The Kier molecular flexibility index (Phi) is 7.74. The molecule has 43 heavy (non-hydrogen) atoms. The molecule has 3 aromatic carbocycles. The standard InChI is InChI=1S/C35H28N4O4/c1-2-43-35(42)29-23-28-31(36-30-15-9-10-21-38(30)34(28)41)39(22-20-24-11-5-3-6-12-24)32(29)37-33(40)27-18-16-26(17-19-27)25-13-7-4-8-14-25/h3-19,21,23H,2,20,22H2,1H3. The van der Waals surface area contributed by atoms with Crippen molar-refractivity contribution in [1.82, 2.24) is 14.0 Å². The fourth-order valence-corrected chi connectivity index (χ4v) is 5.05. The van der Waals surface area contributed by atoms with E-state index in [9.17, 15) is 14.4 Å². The van der Waals surface area contributed by atoms with E-state index in [-0.39, 0.29) is 28.6 Å². The summed E-state index contributed by atoms with van der Waals surface area (Å²) < 4.78 is 8.47. The quantitative estimate of drug-likeness (QED) is 0.188. The number of esters is 1. The lowest BCUT2D eigenvalue weighted by atomic mass is 10.0. The van der Waals surface area contributed by atoms with E-state index in [1.807, 2.05) is 72.8 Å². The predicted molar refractivity (Wildman–Crippen MR) is 165 cm³/mol. The summed E-state index contributed by atoms with van der Waals surface area (Å²) in [6, 6.07) is 33.5. The average Bonchev–Trinajstić information content (AvgIpc) is 3.05. The topological polar surface area (TPSA) is 95.0 Å². The van der Waals surface area contributed by atoms with Gasteiger partial charge in [-0.25, -0.2) is 9.78 Å². The lowest BCUT2D eigenvalue weighted by Gasteiger charge is -2.15. The van der Waals surface area contributed by atoms with E-state index >= 15 is 0 Å².